The number of aromatic amines is 1. The van der Waals surface area contributed by atoms with Crippen LogP contribution in [0.5, 0.6) is 0 Å². The maximum absolute atomic E-state index is 12.7. The lowest BCUT2D eigenvalue weighted by molar-refractivity contribution is 0.598. The molecule has 0 amide bonds. The standard InChI is InChI=1S/C10H8ClFN2O2S/c1-17(15,16)10-8(11)9(13-14-10)6-2-4-7(12)5-3-6/h2-5H,1H3,(H,13,14). The topological polar surface area (TPSA) is 62.8 Å². The van der Waals surface area contributed by atoms with Gasteiger partial charge in [-0.1, -0.05) is 11.6 Å². The lowest BCUT2D eigenvalue weighted by atomic mass is 10.1. The van der Waals surface area contributed by atoms with E-state index in [1.165, 1.54) is 24.3 Å². The molecule has 0 bridgehead atoms. The molecule has 17 heavy (non-hydrogen) atoms. The molecule has 0 saturated heterocycles. The Kier molecular flexibility index (Phi) is 2.92. The fourth-order valence-corrected chi connectivity index (χ4v) is 2.60. The minimum absolute atomic E-state index is 0.0131. The molecule has 90 valence electrons. The van der Waals surface area contributed by atoms with Gasteiger partial charge >= 0.3 is 0 Å². The number of aromatic nitrogens is 2. The van der Waals surface area contributed by atoms with Crippen LogP contribution in [0.2, 0.25) is 5.02 Å². The van der Waals surface area contributed by atoms with Crippen molar-refractivity contribution in [3.05, 3.63) is 35.1 Å². The van der Waals surface area contributed by atoms with Gasteiger partial charge in [-0.3, -0.25) is 5.10 Å². The molecule has 0 aliphatic heterocycles. The fraction of sp³-hybridized carbons (Fsp3) is 0.100. The van der Waals surface area contributed by atoms with Crippen molar-refractivity contribution in [2.75, 3.05) is 6.26 Å². The van der Waals surface area contributed by atoms with E-state index in [0.29, 0.717) is 5.56 Å². The zero-order valence-electron chi connectivity index (χ0n) is 8.74. The van der Waals surface area contributed by atoms with Gasteiger partial charge in [0.2, 0.25) is 0 Å². The van der Waals surface area contributed by atoms with E-state index >= 15 is 0 Å². The van der Waals surface area contributed by atoms with Crippen LogP contribution in [0.1, 0.15) is 0 Å². The Balaban J connectivity index is 2.55. The van der Waals surface area contributed by atoms with E-state index in [9.17, 15) is 12.8 Å². The normalized spacial score (nSPS) is 11.7. The quantitative estimate of drug-likeness (QED) is 0.914. The number of nitrogens with one attached hydrogen (secondary N) is 1. The summed E-state index contributed by atoms with van der Waals surface area (Å²) in [6, 6.07) is 5.45. The summed E-state index contributed by atoms with van der Waals surface area (Å²) in [7, 11) is -3.45. The number of nitrogens with zero attached hydrogens (tertiary/aromatic N) is 1. The van der Waals surface area contributed by atoms with Crippen LogP contribution in [0, 0.1) is 5.82 Å². The summed E-state index contributed by atoms with van der Waals surface area (Å²) in [6.07, 6.45) is 1.03. The molecule has 0 saturated carbocycles. The Bertz CT molecular complexity index is 649. The second kappa shape index (κ2) is 4.12. The highest BCUT2D eigenvalue weighted by Crippen LogP contribution is 2.30. The molecule has 0 fully saturated rings. The van der Waals surface area contributed by atoms with Gasteiger partial charge in [0.1, 0.15) is 16.5 Å². The number of hydrogen-bond donors (Lipinski definition) is 1. The van der Waals surface area contributed by atoms with Gasteiger partial charge in [-0.2, -0.15) is 5.10 Å². The van der Waals surface area contributed by atoms with Crippen molar-refractivity contribution >= 4 is 21.4 Å². The summed E-state index contributed by atoms with van der Waals surface area (Å²) < 4.78 is 35.4. The molecular formula is C10H8ClFN2O2S. The largest absolute Gasteiger partial charge is 0.265 e. The van der Waals surface area contributed by atoms with E-state index in [1.54, 1.807) is 0 Å². The Morgan fingerprint density at radius 1 is 1.29 bits per heavy atom. The summed E-state index contributed by atoms with van der Waals surface area (Å²) in [4.78, 5) is 0. The fourth-order valence-electron chi connectivity index (χ4n) is 1.36. The Morgan fingerprint density at radius 3 is 2.35 bits per heavy atom. The predicted octanol–water partition coefficient (Wildman–Crippen LogP) is 2.27. The van der Waals surface area contributed by atoms with E-state index in [-0.39, 0.29) is 21.6 Å². The summed E-state index contributed by atoms with van der Waals surface area (Å²) in [5.74, 6) is -0.385. The molecule has 2 aromatic rings. The van der Waals surface area contributed by atoms with E-state index in [0.717, 1.165) is 6.26 Å². The van der Waals surface area contributed by atoms with E-state index < -0.39 is 9.84 Å². The molecule has 1 aromatic heterocycles. The zero-order valence-corrected chi connectivity index (χ0v) is 10.3. The smallest absolute Gasteiger partial charge is 0.193 e. The zero-order chi connectivity index (χ0) is 12.6. The number of benzene rings is 1. The molecule has 0 aliphatic rings. The van der Waals surface area contributed by atoms with Crippen molar-refractivity contribution in [3.63, 3.8) is 0 Å². The highest BCUT2D eigenvalue weighted by molar-refractivity contribution is 7.90. The highest BCUT2D eigenvalue weighted by Gasteiger charge is 2.20. The molecule has 0 unspecified atom stereocenters. The SMILES string of the molecule is CS(=O)(=O)c1[nH]nc(-c2ccc(F)cc2)c1Cl. The number of sulfone groups is 1. The van der Waals surface area contributed by atoms with E-state index in [1.807, 2.05) is 0 Å². The van der Waals surface area contributed by atoms with Crippen molar-refractivity contribution < 1.29 is 12.8 Å². The van der Waals surface area contributed by atoms with Crippen LogP contribution in [-0.2, 0) is 9.84 Å². The average molecular weight is 275 g/mol. The van der Waals surface area contributed by atoms with Crippen LogP contribution in [0.25, 0.3) is 11.3 Å². The highest BCUT2D eigenvalue weighted by atomic mass is 35.5. The molecule has 0 spiro atoms. The summed E-state index contributed by atoms with van der Waals surface area (Å²) in [6.45, 7) is 0. The summed E-state index contributed by atoms with van der Waals surface area (Å²) in [5, 5.41) is 6.06. The van der Waals surface area contributed by atoms with Gasteiger partial charge in [-0.25, -0.2) is 12.8 Å². The molecule has 1 N–H and O–H groups in total. The molecule has 0 atom stereocenters. The van der Waals surface area contributed by atoms with Gasteiger partial charge < -0.3 is 0 Å². The number of halogens is 2. The first-order valence-electron chi connectivity index (χ1n) is 4.59. The van der Waals surface area contributed by atoms with Gasteiger partial charge in [0, 0.05) is 11.8 Å². The van der Waals surface area contributed by atoms with Crippen LogP contribution in [-0.4, -0.2) is 24.9 Å². The van der Waals surface area contributed by atoms with Crippen LogP contribution < -0.4 is 0 Å². The van der Waals surface area contributed by atoms with Crippen molar-refractivity contribution in [1.29, 1.82) is 0 Å². The molecule has 1 heterocycles. The first-order chi connectivity index (χ1) is 7.89. The molecule has 1 aromatic carbocycles. The van der Waals surface area contributed by atoms with Crippen LogP contribution in [0.3, 0.4) is 0 Å². The van der Waals surface area contributed by atoms with Gasteiger partial charge in [-0.05, 0) is 24.3 Å². The lowest BCUT2D eigenvalue weighted by Gasteiger charge is -1.97. The molecule has 7 heteroatoms. The Morgan fingerprint density at radius 2 is 1.88 bits per heavy atom. The van der Waals surface area contributed by atoms with Crippen LogP contribution in [0.15, 0.2) is 29.3 Å². The van der Waals surface area contributed by atoms with Crippen molar-refractivity contribution in [2.24, 2.45) is 0 Å². The van der Waals surface area contributed by atoms with Crippen molar-refractivity contribution in [2.45, 2.75) is 5.03 Å². The maximum atomic E-state index is 12.7. The molecular weight excluding hydrogens is 267 g/mol. The van der Waals surface area contributed by atoms with Crippen molar-refractivity contribution in [3.8, 4) is 11.3 Å². The Labute approximate surface area is 102 Å². The van der Waals surface area contributed by atoms with Gasteiger partial charge in [-0.15, -0.1) is 0 Å². The van der Waals surface area contributed by atoms with E-state index in [2.05, 4.69) is 10.2 Å². The van der Waals surface area contributed by atoms with Crippen molar-refractivity contribution in [1.82, 2.24) is 10.2 Å². The molecule has 2 rings (SSSR count). The first kappa shape index (κ1) is 12.1. The Hall–Kier alpha value is -1.40. The lowest BCUT2D eigenvalue weighted by Crippen LogP contribution is -1.97. The maximum Gasteiger partial charge on any atom is 0.193 e. The molecule has 0 aliphatic carbocycles. The number of hydrogen-bond acceptors (Lipinski definition) is 3. The third-order valence-electron chi connectivity index (χ3n) is 2.16. The minimum Gasteiger partial charge on any atom is -0.265 e. The van der Waals surface area contributed by atoms with E-state index in [4.69, 9.17) is 11.6 Å². The number of rotatable bonds is 2. The monoisotopic (exact) mass is 274 g/mol. The van der Waals surface area contributed by atoms with Gasteiger partial charge in [0.25, 0.3) is 0 Å². The van der Waals surface area contributed by atoms with Gasteiger partial charge in [0.05, 0.1) is 0 Å². The summed E-state index contributed by atoms with van der Waals surface area (Å²) >= 11 is 5.92. The number of H-pyrrole nitrogens is 1. The minimum atomic E-state index is -3.45. The van der Waals surface area contributed by atoms with Crippen LogP contribution >= 0.6 is 11.6 Å². The van der Waals surface area contributed by atoms with Gasteiger partial charge in [0.15, 0.2) is 14.9 Å². The predicted molar refractivity (Wildman–Crippen MR) is 62.1 cm³/mol. The summed E-state index contributed by atoms with van der Waals surface area (Å²) in [5.41, 5.74) is 0.828. The molecule has 0 radical (unpaired) electrons. The third-order valence-corrected chi connectivity index (χ3v) is 3.68. The average Bonchev–Trinajstić information content (AvgIpc) is 2.61. The second-order valence-corrected chi connectivity index (χ2v) is 5.82. The van der Waals surface area contributed by atoms with Crippen LogP contribution in [0.4, 0.5) is 4.39 Å². The molecule has 4 nitrogen and oxygen atoms in total. The second-order valence-electron chi connectivity index (χ2n) is 3.49. The first-order valence-corrected chi connectivity index (χ1v) is 6.86. The third kappa shape index (κ3) is 2.32.